The van der Waals surface area contributed by atoms with Gasteiger partial charge in [-0.1, -0.05) is 28.4 Å². The Morgan fingerprint density at radius 2 is 1.71 bits per heavy atom. The fraction of sp³-hybridized carbons (Fsp3) is 0. The molecule has 1 aromatic carbocycles. The van der Waals surface area contributed by atoms with Gasteiger partial charge in [0.05, 0.1) is 0 Å². The summed E-state index contributed by atoms with van der Waals surface area (Å²) in [7, 11) is 0. The van der Waals surface area contributed by atoms with Crippen molar-refractivity contribution in [1.29, 1.82) is 0 Å². The fourth-order valence-electron chi connectivity index (χ4n) is 0.921. The molecule has 0 radical (unpaired) electrons. The van der Waals surface area contributed by atoms with Crippen molar-refractivity contribution in [3.05, 3.63) is 35.9 Å². The first kappa shape index (κ1) is 8.36. The maximum Gasteiger partial charge on any atom is 0.294 e. The van der Waals surface area contributed by atoms with Gasteiger partial charge in [-0.15, -0.1) is 0 Å². The molecule has 0 bridgehead atoms. The van der Waals surface area contributed by atoms with E-state index < -0.39 is 5.91 Å². The maximum absolute atomic E-state index is 11.4. The number of carbonyl (C=O) groups excluding carboxylic acids is 1. The zero-order valence-corrected chi connectivity index (χ0v) is 7.03. The van der Waals surface area contributed by atoms with Crippen molar-refractivity contribution < 1.29 is 4.79 Å². The van der Waals surface area contributed by atoms with Crippen molar-refractivity contribution in [3.8, 4) is 0 Å². The summed E-state index contributed by atoms with van der Waals surface area (Å²) in [6.07, 6.45) is 0. The highest BCUT2D eigenvalue weighted by atomic mass is 16.1. The molecule has 0 spiro atoms. The van der Waals surface area contributed by atoms with Crippen LogP contribution in [0.2, 0.25) is 0 Å². The zero-order valence-electron chi connectivity index (χ0n) is 7.03. The lowest BCUT2D eigenvalue weighted by molar-refractivity contribution is 0.100. The fourth-order valence-corrected chi connectivity index (χ4v) is 0.921. The number of rotatable bonds is 1. The summed E-state index contributed by atoms with van der Waals surface area (Å²) in [4.78, 5) is 15.0. The highest BCUT2D eigenvalue weighted by molar-refractivity contribution is 6.02. The van der Waals surface area contributed by atoms with Gasteiger partial charge in [-0.2, -0.15) is 4.99 Å². The van der Waals surface area contributed by atoms with E-state index in [4.69, 9.17) is 0 Å². The molecule has 0 fully saturated rings. The van der Waals surface area contributed by atoms with Gasteiger partial charge in [0.25, 0.3) is 11.9 Å². The molecule has 1 heterocycles. The number of nitrogens with zero attached hydrogens (tertiary/aromatic N) is 5. The number of guanidine groups is 1. The van der Waals surface area contributed by atoms with Gasteiger partial charge >= 0.3 is 0 Å². The molecule has 6 nitrogen and oxygen atoms in total. The van der Waals surface area contributed by atoms with Gasteiger partial charge in [0.15, 0.2) is 0 Å². The van der Waals surface area contributed by atoms with Gasteiger partial charge in [0, 0.05) is 5.56 Å². The zero-order chi connectivity index (χ0) is 9.80. The highest BCUT2D eigenvalue weighted by Crippen LogP contribution is 2.04. The minimum atomic E-state index is -0.402. The molecule has 0 N–H and O–H groups in total. The van der Waals surface area contributed by atoms with E-state index in [0.29, 0.717) is 5.56 Å². The molecule has 0 saturated heterocycles. The predicted molar refractivity (Wildman–Crippen MR) is 47.9 cm³/mol. The highest BCUT2D eigenvalue weighted by Gasteiger charge is 2.07. The number of hydrogen-bond donors (Lipinski definition) is 0. The molecular weight excluding hydrogens is 182 g/mol. The van der Waals surface area contributed by atoms with Crippen molar-refractivity contribution >= 4 is 11.9 Å². The minimum Gasteiger partial charge on any atom is -0.267 e. The molecular formula is C8H5N5O. The third-order valence-corrected chi connectivity index (χ3v) is 1.53. The average molecular weight is 187 g/mol. The Morgan fingerprint density at radius 1 is 1.07 bits per heavy atom. The quantitative estimate of drug-likeness (QED) is 0.662. The topological polar surface area (TPSA) is 78.9 Å². The van der Waals surface area contributed by atoms with E-state index in [-0.39, 0.29) is 5.96 Å². The second kappa shape index (κ2) is 3.65. The first-order valence-corrected chi connectivity index (χ1v) is 3.86. The van der Waals surface area contributed by atoms with Crippen LogP contribution in [-0.4, -0.2) is 11.9 Å². The summed E-state index contributed by atoms with van der Waals surface area (Å²) in [5.41, 5.74) is 0.484. The van der Waals surface area contributed by atoms with Crippen LogP contribution >= 0.6 is 0 Å². The van der Waals surface area contributed by atoms with Crippen molar-refractivity contribution in [3.63, 3.8) is 0 Å². The van der Waals surface area contributed by atoms with Crippen LogP contribution in [0, 0.1) is 0 Å². The first-order valence-electron chi connectivity index (χ1n) is 3.86. The van der Waals surface area contributed by atoms with Crippen LogP contribution in [-0.2, 0) is 0 Å². The molecule has 0 aromatic heterocycles. The molecule has 1 aliphatic heterocycles. The summed E-state index contributed by atoms with van der Waals surface area (Å²) in [6, 6.07) is 8.65. The molecule has 1 aliphatic rings. The summed E-state index contributed by atoms with van der Waals surface area (Å²) in [6.45, 7) is 0. The van der Waals surface area contributed by atoms with E-state index in [0.717, 1.165) is 0 Å². The summed E-state index contributed by atoms with van der Waals surface area (Å²) in [5.74, 6) is -0.417. The van der Waals surface area contributed by atoms with Crippen LogP contribution in [0.3, 0.4) is 0 Å². The monoisotopic (exact) mass is 187 g/mol. The lowest BCUT2D eigenvalue weighted by Crippen LogP contribution is -1.97. The Bertz CT molecular complexity index is 420. The van der Waals surface area contributed by atoms with E-state index in [1.54, 1.807) is 24.3 Å². The normalized spacial score (nSPS) is 13.3. The molecule has 0 atom stereocenters. The third-order valence-electron chi connectivity index (χ3n) is 1.53. The number of aliphatic imine (C=N–C) groups is 1. The Labute approximate surface area is 79.1 Å². The van der Waals surface area contributed by atoms with Gasteiger partial charge in [-0.3, -0.25) is 4.79 Å². The van der Waals surface area contributed by atoms with E-state index in [1.165, 1.54) is 0 Å². The van der Waals surface area contributed by atoms with Gasteiger partial charge in [-0.25, -0.2) is 0 Å². The summed E-state index contributed by atoms with van der Waals surface area (Å²) >= 11 is 0. The Hall–Kier alpha value is -2.24. The molecule has 2 rings (SSSR count). The van der Waals surface area contributed by atoms with Crippen LogP contribution in [0.25, 0.3) is 0 Å². The van der Waals surface area contributed by atoms with E-state index >= 15 is 0 Å². The number of hydrogen-bond acceptors (Lipinski definition) is 3. The smallest absolute Gasteiger partial charge is 0.267 e. The standard InChI is InChI=1S/C8H5N5O/c14-7(6-4-2-1-3-5-6)9-8-10-12-13-11-8/h1-5H. The largest absolute Gasteiger partial charge is 0.294 e. The van der Waals surface area contributed by atoms with Crippen LogP contribution in [0.5, 0.6) is 0 Å². The van der Waals surface area contributed by atoms with Crippen molar-refractivity contribution in [2.24, 2.45) is 25.7 Å². The predicted octanol–water partition coefficient (Wildman–Crippen LogP) is 2.02. The molecule has 0 saturated carbocycles. The number of carbonyl (C=O) groups is 1. The molecule has 0 aliphatic carbocycles. The SMILES string of the molecule is O=C(N=C1N=NN=N1)c1ccccc1. The van der Waals surface area contributed by atoms with Crippen LogP contribution in [0.4, 0.5) is 0 Å². The Kier molecular flexibility index (Phi) is 2.18. The molecule has 1 aromatic rings. The minimum absolute atomic E-state index is 0.0150. The number of benzene rings is 1. The van der Waals surface area contributed by atoms with Crippen molar-refractivity contribution in [1.82, 2.24) is 0 Å². The summed E-state index contributed by atoms with van der Waals surface area (Å²) < 4.78 is 0. The van der Waals surface area contributed by atoms with Crippen LogP contribution in [0.1, 0.15) is 10.4 Å². The van der Waals surface area contributed by atoms with Gasteiger partial charge in [0.1, 0.15) is 0 Å². The molecule has 1 amide bonds. The first-order chi connectivity index (χ1) is 6.86. The molecule has 14 heavy (non-hydrogen) atoms. The van der Waals surface area contributed by atoms with Gasteiger partial charge in [0.2, 0.25) is 0 Å². The molecule has 0 unspecified atom stereocenters. The third kappa shape index (κ3) is 1.74. The molecule has 6 heteroatoms. The lowest BCUT2D eigenvalue weighted by Gasteiger charge is -1.91. The Balaban J connectivity index is 2.22. The second-order valence-electron chi connectivity index (χ2n) is 2.46. The second-order valence-corrected chi connectivity index (χ2v) is 2.46. The maximum atomic E-state index is 11.4. The van der Waals surface area contributed by atoms with Crippen molar-refractivity contribution in [2.75, 3.05) is 0 Å². The summed E-state index contributed by atoms with van der Waals surface area (Å²) in [5, 5.41) is 13.3. The number of amides is 1. The van der Waals surface area contributed by atoms with Gasteiger partial charge in [-0.05, 0) is 22.6 Å². The Morgan fingerprint density at radius 3 is 2.36 bits per heavy atom. The van der Waals surface area contributed by atoms with E-state index in [2.05, 4.69) is 25.7 Å². The average Bonchev–Trinajstić information content (AvgIpc) is 2.72. The van der Waals surface area contributed by atoms with Crippen molar-refractivity contribution in [2.45, 2.75) is 0 Å². The van der Waals surface area contributed by atoms with E-state index in [1.807, 2.05) is 6.07 Å². The van der Waals surface area contributed by atoms with Crippen LogP contribution in [0.15, 0.2) is 56.0 Å². The van der Waals surface area contributed by atoms with Crippen LogP contribution < -0.4 is 0 Å². The lowest BCUT2D eigenvalue weighted by atomic mass is 10.2. The van der Waals surface area contributed by atoms with E-state index in [9.17, 15) is 4.79 Å². The molecule has 68 valence electrons. The van der Waals surface area contributed by atoms with Gasteiger partial charge < -0.3 is 0 Å².